The van der Waals surface area contributed by atoms with Gasteiger partial charge in [0.25, 0.3) is 0 Å². The van der Waals surface area contributed by atoms with Crippen molar-refractivity contribution in [2.24, 2.45) is 0 Å². The number of amides is 2. The van der Waals surface area contributed by atoms with Crippen molar-refractivity contribution in [1.82, 2.24) is 10.6 Å². The van der Waals surface area contributed by atoms with Gasteiger partial charge in [0.2, 0.25) is 0 Å². The fourth-order valence-electron chi connectivity index (χ4n) is 3.65. The molecule has 0 spiro atoms. The number of hydrogen-bond donors (Lipinski definition) is 3. The lowest BCUT2D eigenvalue weighted by Gasteiger charge is -2.46. The van der Waals surface area contributed by atoms with E-state index in [-0.39, 0.29) is 17.1 Å². The van der Waals surface area contributed by atoms with Crippen LogP contribution in [0.25, 0.3) is 0 Å². The predicted molar refractivity (Wildman–Crippen MR) is 103 cm³/mol. The molecule has 1 aliphatic heterocycles. The number of nitrogens with one attached hydrogen (secondary N) is 3. The van der Waals surface area contributed by atoms with E-state index in [0.717, 1.165) is 12.8 Å². The molecule has 0 bridgehead atoms. The minimum Gasteiger partial charge on any atom is -0.490 e. The second-order valence-corrected chi connectivity index (χ2v) is 8.05. The van der Waals surface area contributed by atoms with Crippen molar-refractivity contribution in [2.45, 2.75) is 57.7 Å². The summed E-state index contributed by atoms with van der Waals surface area (Å²) >= 11 is 0. The van der Waals surface area contributed by atoms with E-state index in [0.29, 0.717) is 18.0 Å². The quantitative estimate of drug-likeness (QED) is 0.558. The predicted octanol–water partition coefficient (Wildman–Crippen LogP) is 2.62. The smallest absolute Gasteiger partial charge is 0.313 e. The molecule has 142 valence electrons. The average molecular weight is 359 g/mol. The fourth-order valence-corrected chi connectivity index (χ4v) is 3.65. The van der Waals surface area contributed by atoms with E-state index in [1.165, 1.54) is 0 Å². The average Bonchev–Trinajstić information content (AvgIpc) is 2.51. The first kappa shape index (κ1) is 20.0. The third-order valence-corrected chi connectivity index (χ3v) is 4.21. The standard InChI is InChI=1S/C20H29N3O3/c1-6-11-26-16-9-7-14(8-10-16)21-17(24)18(25)22-15-12-19(2,3)23-20(4,5)13-15/h6-10,15,23H,1,11-13H2,2-5H3,(H,21,24)(H,22,25). The molecule has 2 rings (SSSR count). The summed E-state index contributed by atoms with van der Waals surface area (Å²) in [6, 6.07) is 6.80. The number of carbonyl (C=O) groups is 2. The van der Waals surface area contributed by atoms with Crippen molar-refractivity contribution >= 4 is 17.5 Å². The Hall–Kier alpha value is -2.34. The van der Waals surface area contributed by atoms with Crippen molar-refractivity contribution in [3.8, 4) is 5.75 Å². The number of benzene rings is 1. The maximum atomic E-state index is 12.3. The summed E-state index contributed by atoms with van der Waals surface area (Å²) in [5.41, 5.74) is 0.344. The van der Waals surface area contributed by atoms with Crippen LogP contribution in [0.5, 0.6) is 5.75 Å². The minimum atomic E-state index is -0.668. The number of rotatable bonds is 5. The van der Waals surface area contributed by atoms with Crippen LogP contribution in [-0.4, -0.2) is 35.5 Å². The molecule has 1 saturated heterocycles. The summed E-state index contributed by atoms with van der Waals surface area (Å²) in [4.78, 5) is 24.4. The number of hydrogen-bond acceptors (Lipinski definition) is 4. The van der Waals surface area contributed by atoms with Crippen LogP contribution in [0.3, 0.4) is 0 Å². The summed E-state index contributed by atoms with van der Waals surface area (Å²) in [5, 5.41) is 9.03. The molecular formula is C20H29N3O3. The zero-order chi connectivity index (χ0) is 19.4. The molecule has 6 heteroatoms. The Kier molecular flexibility index (Phi) is 6.08. The molecule has 0 atom stereocenters. The van der Waals surface area contributed by atoms with Crippen LogP contribution in [0.2, 0.25) is 0 Å². The Morgan fingerprint density at radius 1 is 1.15 bits per heavy atom. The third kappa shape index (κ3) is 5.88. The lowest BCUT2D eigenvalue weighted by Crippen LogP contribution is -2.62. The van der Waals surface area contributed by atoms with E-state index in [9.17, 15) is 9.59 Å². The fraction of sp³-hybridized carbons (Fsp3) is 0.500. The van der Waals surface area contributed by atoms with Crippen LogP contribution in [0.1, 0.15) is 40.5 Å². The maximum Gasteiger partial charge on any atom is 0.313 e. The number of anilines is 1. The highest BCUT2D eigenvalue weighted by atomic mass is 16.5. The van der Waals surface area contributed by atoms with Crippen LogP contribution < -0.4 is 20.7 Å². The number of carbonyl (C=O) groups excluding carboxylic acids is 2. The molecule has 0 aliphatic carbocycles. The van der Waals surface area contributed by atoms with Crippen molar-refractivity contribution < 1.29 is 14.3 Å². The summed E-state index contributed by atoms with van der Waals surface area (Å²) < 4.78 is 5.39. The van der Waals surface area contributed by atoms with E-state index >= 15 is 0 Å². The van der Waals surface area contributed by atoms with E-state index in [1.54, 1.807) is 30.3 Å². The molecule has 0 aromatic heterocycles. The Bertz CT molecular complexity index is 649. The molecule has 3 N–H and O–H groups in total. The largest absolute Gasteiger partial charge is 0.490 e. The summed E-state index contributed by atoms with van der Waals surface area (Å²) in [5.74, 6) is -0.610. The van der Waals surface area contributed by atoms with Gasteiger partial charge in [0.05, 0.1) is 0 Å². The van der Waals surface area contributed by atoms with E-state index in [1.807, 2.05) is 0 Å². The second-order valence-electron chi connectivity index (χ2n) is 8.05. The highest BCUT2D eigenvalue weighted by Gasteiger charge is 2.38. The Labute approximate surface area is 155 Å². The van der Waals surface area contributed by atoms with Gasteiger partial charge in [-0.2, -0.15) is 0 Å². The lowest BCUT2D eigenvalue weighted by atomic mass is 9.79. The molecular weight excluding hydrogens is 330 g/mol. The summed E-state index contributed by atoms with van der Waals surface area (Å²) in [6.07, 6.45) is 3.19. The molecule has 6 nitrogen and oxygen atoms in total. The van der Waals surface area contributed by atoms with Crippen LogP contribution in [0, 0.1) is 0 Å². The van der Waals surface area contributed by atoms with Gasteiger partial charge in [-0.25, -0.2) is 0 Å². The zero-order valence-electron chi connectivity index (χ0n) is 16.0. The van der Waals surface area contributed by atoms with Gasteiger partial charge in [0.1, 0.15) is 12.4 Å². The van der Waals surface area contributed by atoms with E-state index in [2.05, 4.69) is 50.2 Å². The Balaban J connectivity index is 1.91. The Morgan fingerprint density at radius 3 is 2.27 bits per heavy atom. The monoisotopic (exact) mass is 359 g/mol. The summed E-state index contributed by atoms with van der Waals surface area (Å²) in [7, 11) is 0. The van der Waals surface area contributed by atoms with Gasteiger partial charge >= 0.3 is 11.8 Å². The first-order valence-corrected chi connectivity index (χ1v) is 8.85. The van der Waals surface area contributed by atoms with Gasteiger partial charge in [-0.05, 0) is 64.8 Å². The van der Waals surface area contributed by atoms with Crippen molar-refractivity contribution in [3.05, 3.63) is 36.9 Å². The molecule has 0 saturated carbocycles. The normalized spacial score (nSPS) is 18.6. The van der Waals surface area contributed by atoms with Crippen molar-refractivity contribution in [3.63, 3.8) is 0 Å². The molecule has 1 aliphatic rings. The van der Waals surface area contributed by atoms with Gasteiger partial charge in [-0.3, -0.25) is 9.59 Å². The molecule has 1 fully saturated rings. The number of ether oxygens (including phenoxy) is 1. The van der Waals surface area contributed by atoms with Gasteiger partial charge in [0, 0.05) is 22.8 Å². The van der Waals surface area contributed by atoms with Crippen LogP contribution in [0.4, 0.5) is 5.69 Å². The lowest BCUT2D eigenvalue weighted by molar-refractivity contribution is -0.137. The molecule has 1 heterocycles. The SMILES string of the molecule is C=CCOc1ccc(NC(=O)C(=O)NC2CC(C)(C)NC(C)(C)C2)cc1. The third-order valence-electron chi connectivity index (χ3n) is 4.21. The first-order valence-electron chi connectivity index (χ1n) is 8.85. The first-order chi connectivity index (χ1) is 12.1. The highest BCUT2D eigenvalue weighted by molar-refractivity contribution is 6.39. The molecule has 26 heavy (non-hydrogen) atoms. The van der Waals surface area contributed by atoms with Gasteiger partial charge < -0.3 is 20.7 Å². The van der Waals surface area contributed by atoms with E-state index < -0.39 is 11.8 Å². The van der Waals surface area contributed by atoms with Crippen molar-refractivity contribution in [1.29, 1.82) is 0 Å². The maximum absolute atomic E-state index is 12.3. The molecule has 1 aromatic rings. The van der Waals surface area contributed by atoms with E-state index in [4.69, 9.17) is 4.74 Å². The summed E-state index contributed by atoms with van der Waals surface area (Å²) in [6.45, 7) is 12.4. The second kappa shape index (κ2) is 7.91. The van der Waals surface area contributed by atoms with Crippen LogP contribution >= 0.6 is 0 Å². The van der Waals surface area contributed by atoms with Gasteiger partial charge in [0.15, 0.2) is 0 Å². The zero-order valence-corrected chi connectivity index (χ0v) is 16.0. The number of piperidine rings is 1. The molecule has 0 unspecified atom stereocenters. The molecule has 2 amide bonds. The highest BCUT2D eigenvalue weighted by Crippen LogP contribution is 2.28. The topological polar surface area (TPSA) is 79.5 Å². The van der Waals surface area contributed by atoms with Gasteiger partial charge in [-0.1, -0.05) is 12.7 Å². The molecule has 0 radical (unpaired) electrons. The molecule has 1 aromatic carbocycles. The van der Waals surface area contributed by atoms with Crippen LogP contribution in [-0.2, 0) is 9.59 Å². The minimum absolute atomic E-state index is 0.0471. The Morgan fingerprint density at radius 2 is 1.73 bits per heavy atom. The van der Waals surface area contributed by atoms with Gasteiger partial charge in [-0.15, -0.1) is 0 Å². The van der Waals surface area contributed by atoms with Crippen LogP contribution in [0.15, 0.2) is 36.9 Å². The van der Waals surface area contributed by atoms with Crippen molar-refractivity contribution in [2.75, 3.05) is 11.9 Å².